The minimum Gasteiger partial charge on any atom is -0.352 e. The number of hydrogen-bond donors (Lipinski definition) is 2. The lowest BCUT2D eigenvalue weighted by Gasteiger charge is -2.11. The van der Waals surface area contributed by atoms with Gasteiger partial charge in [-0.05, 0) is 32.0 Å². The molecule has 8 heteroatoms. The third-order valence-corrected chi connectivity index (χ3v) is 4.57. The molecule has 0 saturated carbocycles. The van der Waals surface area contributed by atoms with Crippen molar-refractivity contribution in [2.24, 2.45) is 10.2 Å². The number of nitrogens with zero attached hydrogens (tertiary/aromatic N) is 3. The van der Waals surface area contributed by atoms with Gasteiger partial charge < -0.3 is 10.3 Å². The van der Waals surface area contributed by atoms with E-state index in [-0.39, 0.29) is 17.5 Å². The summed E-state index contributed by atoms with van der Waals surface area (Å²) < 4.78 is 1.15. The van der Waals surface area contributed by atoms with Gasteiger partial charge in [-0.3, -0.25) is 14.2 Å². The lowest BCUT2D eigenvalue weighted by Crippen LogP contribution is -2.36. The second-order valence-electron chi connectivity index (χ2n) is 6.85. The Morgan fingerprint density at radius 1 is 1.33 bits per heavy atom. The highest BCUT2D eigenvalue weighted by Crippen LogP contribution is 2.36. The van der Waals surface area contributed by atoms with E-state index in [9.17, 15) is 14.4 Å². The zero-order chi connectivity index (χ0) is 19.6. The lowest BCUT2D eigenvalue weighted by atomic mass is 10.0. The van der Waals surface area contributed by atoms with Gasteiger partial charge >= 0.3 is 5.69 Å². The van der Waals surface area contributed by atoms with Crippen molar-refractivity contribution >= 4 is 16.8 Å². The summed E-state index contributed by atoms with van der Waals surface area (Å²) in [6, 6.07) is 4.38. The minimum absolute atomic E-state index is 0.256. The van der Waals surface area contributed by atoms with Gasteiger partial charge in [0.15, 0.2) is 5.66 Å². The number of aromatic nitrogens is 2. The highest BCUT2D eigenvalue weighted by Gasteiger charge is 2.38. The topological polar surface area (TPSA) is 109 Å². The van der Waals surface area contributed by atoms with Crippen molar-refractivity contribution in [3.8, 4) is 12.3 Å². The summed E-state index contributed by atoms with van der Waals surface area (Å²) in [5, 5.41) is 11.2. The largest absolute Gasteiger partial charge is 0.352 e. The highest BCUT2D eigenvalue weighted by atomic mass is 16.2. The van der Waals surface area contributed by atoms with Crippen LogP contribution in [0.1, 0.15) is 49.5 Å². The van der Waals surface area contributed by atoms with E-state index in [1.54, 1.807) is 26.0 Å². The average molecular weight is 367 g/mol. The van der Waals surface area contributed by atoms with Gasteiger partial charge in [-0.2, -0.15) is 10.2 Å². The Bertz CT molecular complexity index is 1070. The van der Waals surface area contributed by atoms with Crippen LogP contribution in [0.4, 0.5) is 0 Å². The molecule has 0 bridgehead atoms. The SMILES string of the molecule is C#CCCC1(CCNC(=O)c2ccc3c(=O)n(C(C)C)c(=O)[nH]c3c2)N=N1. The fourth-order valence-electron chi connectivity index (χ4n) is 2.99. The monoisotopic (exact) mass is 367 g/mol. The number of rotatable bonds is 7. The van der Waals surface area contributed by atoms with Gasteiger partial charge in [0.2, 0.25) is 0 Å². The molecule has 8 nitrogen and oxygen atoms in total. The molecule has 1 aromatic carbocycles. The number of fused-ring (bicyclic) bond motifs is 1. The van der Waals surface area contributed by atoms with Crippen LogP contribution >= 0.6 is 0 Å². The molecule has 2 N–H and O–H groups in total. The molecule has 0 fully saturated rings. The fourth-order valence-corrected chi connectivity index (χ4v) is 2.99. The molecule has 27 heavy (non-hydrogen) atoms. The number of carbonyl (C=O) groups excluding carboxylic acids is 1. The molecule has 0 saturated heterocycles. The smallest absolute Gasteiger partial charge is 0.329 e. The van der Waals surface area contributed by atoms with Gasteiger partial charge in [0, 0.05) is 37.4 Å². The third kappa shape index (κ3) is 3.82. The number of aromatic amines is 1. The van der Waals surface area contributed by atoms with Crippen LogP contribution in [0.5, 0.6) is 0 Å². The number of carbonyl (C=O) groups is 1. The van der Waals surface area contributed by atoms with Crippen molar-refractivity contribution in [3.05, 3.63) is 44.6 Å². The molecule has 0 spiro atoms. The van der Waals surface area contributed by atoms with E-state index in [0.717, 1.165) is 4.57 Å². The average Bonchev–Trinajstić information content (AvgIpc) is 3.39. The van der Waals surface area contributed by atoms with E-state index in [4.69, 9.17) is 6.42 Å². The standard InChI is InChI=1S/C19H21N5O3/c1-4-5-8-19(22-23-19)9-10-20-16(25)13-6-7-14-15(11-13)21-18(27)24(12(2)3)17(14)26/h1,6-7,11-12H,5,8-10H2,2-3H3,(H,20,25)(H,21,27). The molecule has 3 rings (SSSR count). The van der Waals surface area contributed by atoms with E-state index < -0.39 is 11.4 Å². The Balaban J connectivity index is 1.73. The summed E-state index contributed by atoms with van der Waals surface area (Å²) >= 11 is 0. The second kappa shape index (κ2) is 7.19. The number of benzene rings is 1. The number of H-pyrrole nitrogens is 1. The van der Waals surface area contributed by atoms with E-state index >= 15 is 0 Å². The number of terminal acetylenes is 1. The van der Waals surface area contributed by atoms with Crippen LogP contribution in [-0.4, -0.2) is 27.7 Å². The Morgan fingerprint density at radius 3 is 2.70 bits per heavy atom. The molecule has 1 aliphatic rings. The number of hydrogen-bond acceptors (Lipinski definition) is 5. The molecule has 0 radical (unpaired) electrons. The maximum atomic E-state index is 12.5. The first-order valence-corrected chi connectivity index (χ1v) is 8.81. The van der Waals surface area contributed by atoms with Gasteiger partial charge in [-0.25, -0.2) is 4.79 Å². The quantitative estimate of drug-likeness (QED) is 0.730. The molecule has 140 valence electrons. The number of amides is 1. The third-order valence-electron chi connectivity index (χ3n) is 4.57. The van der Waals surface area contributed by atoms with Crippen molar-refractivity contribution in [1.82, 2.24) is 14.9 Å². The summed E-state index contributed by atoms with van der Waals surface area (Å²) in [6.07, 6.45) is 7.11. The summed E-state index contributed by atoms with van der Waals surface area (Å²) in [7, 11) is 0. The first-order valence-electron chi connectivity index (χ1n) is 8.81. The molecular formula is C19H21N5O3. The van der Waals surface area contributed by atoms with Gasteiger partial charge in [0.05, 0.1) is 10.9 Å². The van der Waals surface area contributed by atoms with Crippen molar-refractivity contribution < 1.29 is 4.79 Å². The highest BCUT2D eigenvalue weighted by molar-refractivity contribution is 5.97. The minimum atomic E-state index is -0.493. The van der Waals surface area contributed by atoms with Gasteiger partial charge in [-0.1, -0.05) is 0 Å². The zero-order valence-electron chi connectivity index (χ0n) is 15.3. The van der Waals surface area contributed by atoms with Gasteiger partial charge in [0.1, 0.15) is 0 Å². The van der Waals surface area contributed by atoms with Crippen molar-refractivity contribution in [2.45, 2.75) is 44.8 Å². The molecule has 0 unspecified atom stereocenters. The molecule has 0 atom stereocenters. The number of nitrogens with one attached hydrogen (secondary N) is 2. The predicted octanol–water partition coefficient (Wildman–Crippen LogP) is 1.97. The maximum Gasteiger partial charge on any atom is 0.329 e. The molecule has 2 heterocycles. The summed E-state index contributed by atoms with van der Waals surface area (Å²) in [5.41, 5.74) is -0.610. The first-order chi connectivity index (χ1) is 12.9. The van der Waals surface area contributed by atoms with Gasteiger partial charge in [0.25, 0.3) is 11.5 Å². The first kappa shape index (κ1) is 18.6. The predicted molar refractivity (Wildman–Crippen MR) is 102 cm³/mol. The van der Waals surface area contributed by atoms with Crippen molar-refractivity contribution in [2.75, 3.05) is 6.54 Å². The maximum absolute atomic E-state index is 12.5. The summed E-state index contributed by atoms with van der Waals surface area (Å²) in [4.78, 5) is 39.6. The van der Waals surface area contributed by atoms with E-state index in [1.165, 1.54) is 6.07 Å². The summed E-state index contributed by atoms with van der Waals surface area (Å²) in [5.74, 6) is 2.27. The fraction of sp³-hybridized carbons (Fsp3) is 0.421. The second-order valence-corrected chi connectivity index (χ2v) is 6.85. The van der Waals surface area contributed by atoms with E-state index in [2.05, 4.69) is 26.4 Å². The van der Waals surface area contributed by atoms with Crippen LogP contribution in [0, 0.1) is 12.3 Å². The van der Waals surface area contributed by atoms with Crippen LogP contribution in [0.3, 0.4) is 0 Å². The van der Waals surface area contributed by atoms with Crippen LogP contribution in [-0.2, 0) is 0 Å². The molecule has 1 aliphatic heterocycles. The van der Waals surface area contributed by atoms with E-state index in [1.807, 2.05) is 0 Å². The van der Waals surface area contributed by atoms with Crippen LogP contribution in [0.15, 0.2) is 38.0 Å². The molecule has 0 aliphatic carbocycles. The summed E-state index contributed by atoms with van der Waals surface area (Å²) in [6.45, 7) is 3.93. The molecule has 1 amide bonds. The normalized spacial score (nSPS) is 14.3. The molecular weight excluding hydrogens is 346 g/mol. The van der Waals surface area contributed by atoms with Crippen molar-refractivity contribution in [3.63, 3.8) is 0 Å². The van der Waals surface area contributed by atoms with Crippen LogP contribution in [0.2, 0.25) is 0 Å². The Kier molecular flexibility index (Phi) is 4.95. The van der Waals surface area contributed by atoms with Gasteiger partial charge in [-0.15, -0.1) is 12.3 Å². The molecule has 2 aromatic rings. The van der Waals surface area contributed by atoms with Crippen LogP contribution < -0.4 is 16.6 Å². The Morgan fingerprint density at radius 2 is 2.07 bits per heavy atom. The van der Waals surface area contributed by atoms with Crippen LogP contribution in [0.25, 0.3) is 10.9 Å². The van der Waals surface area contributed by atoms with Crippen molar-refractivity contribution in [1.29, 1.82) is 0 Å². The van der Waals surface area contributed by atoms with E-state index in [0.29, 0.717) is 42.3 Å². The molecule has 1 aromatic heterocycles. The Labute approximate surface area is 155 Å². The Hall–Kier alpha value is -3.21. The zero-order valence-corrected chi connectivity index (χ0v) is 15.3. The lowest BCUT2D eigenvalue weighted by molar-refractivity contribution is 0.0952.